The molecule has 0 unspecified atom stereocenters. The molecule has 1 heterocycles. The molecule has 1 N–H and O–H groups in total. The summed E-state index contributed by atoms with van der Waals surface area (Å²) in [5.41, 5.74) is 1.88. The van der Waals surface area contributed by atoms with Crippen molar-refractivity contribution in [3.8, 4) is 0 Å². The zero-order valence-electron chi connectivity index (χ0n) is 14.2. The number of carbonyl (C=O) groups excluding carboxylic acids is 1. The van der Waals surface area contributed by atoms with E-state index in [-0.39, 0.29) is 22.2 Å². The van der Waals surface area contributed by atoms with E-state index in [0.29, 0.717) is 12.2 Å². The maximum absolute atomic E-state index is 13.2. The average molecular weight is 395 g/mol. The summed E-state index contributed by atoms with van der Waals surface area (Å²) in [6, 6.07) is 11.7. The number of amides is 1. The van der Waals surface area contributed by atoms with Crippen LogP contribution in [0.15, 0.2) is 47.4 Å². The molecule has 1 aliphatic rings. The Morgan fingerprint density at radius 3 is 2.81 bits per heavy atom. The maximum atomic E-state index is 13.2. The van der Waals surface area contributed by atoms with Crippen LogP contribution in [0.2, 0.25) is 5.02 Å². The van der Waals surface area contributed by atoms with Gasteiger partial charge in [0.1, 0.15) is 0 Å². The van der Waals surface area contributed by atoms with Crippen molar-refractivity contribution in [1.82, 2.24) is 0 Å². The summed E-state index contributed by atoms with van der Waals surface area (Å²) >= 11 is 6.08. The van der Waals surface area contributed by atoms with Crippen LogP contribution in [-0.4, -0.2) is 27.7 Å². The first-order valence-corrected chi connectivity index (χ1v) is 10.1. The lowest BCUT2D eigenvalue weighted by Gasteiger charge is -2.30. The summed E-state index contributed by atoms with van der Waals surface area (Å²) in [4.78, 5) is 11.7. The van der Waals surface area contributed by atoms with Crippen molar-refractivity contribution in [3.63, 3.8) is 0 Å². The predicted octanol–water partition coefficient (Wildman–Crippen LogP) is 4.05. The van der Waals surface area contributed by atoms with Crippen molar-refractivity contribution in [2.24, 2.45) is 0 Å². The molecule has 0 saturated heterocycles. The van der Waals surface area contributed by atoms with Crippen LogP contribution in [-0.2, 0) is 21.2 Å². The average Bonchev–Trinajstić information content (AvgIpc) is 2.63. The van der Waals surface area contributed by atoms with E-state index in [2.05, 4.69) is 5.32 Å². The van der Waals surface area contributed by atoms with Crippen LogP contribution in [0.5, 0.6) is 0 Å². The number of ether oxygens (including phenoxy) is 1. The molecule has 2 aromatic rings. The van der Waals surface area contributed by atoms with Crippen LogP contribution >= 0.6 is 11.6 Å². The van der Waals surface area contributed by atoms with Gasteiger partial charge in [0.25, 0.3) is 10.0 Å². The topological polar surface area (TPSA) is 75.7 Å². The van der Waals surface area contributed by atoms with Gasteiger partial charge in [-0.2, -0.15) is 0 Å². The fraction of sp³-hybridized carbons (Fsp3) is 0.278. The molecule has 0 spiro atoms. The van der Waals surface area contributed by atoms with E-state index in [0.717, 1.165) is 18.4 Å². The normalized spacial score (nSPS) is 13.8. The van der Waals surface area contributed by atoms with Crippen LogP contribution in [0.25, 0.3) is 0 Å². The highest BCUT2D eigenvalue weighted by atomic mass is 35.5. The molecule has 0 bridgehead atoms. The quantitative estimate of drug-likeness (QED) is 0.848. The number of rotatable bonds is 4. The van der Waals surface area contributed by atoms with Gasteiger partial charge in [0.15, 0.2) is 0 Å². The Balaban J connectivity index is 1.97. The Bertz CT molecular complexity index is 931. The van der Waals surface area contributed by atoms with Gasteiger partial charge in [-0.15, -0.1) is 0 Å². The lowest BCUT2D eigenvalue weighted by Crippen LogP contribution is -2.35. The number of halogens is 1. The van der Waals surface area contributed by atoms with E-state index in [1.165, 1.54) is 22.5 Å². The summed E-state index contributed by atoms with van der Waals surface area (Å²) in [6.45, 7) is 2.28. The van der Waals surface area contributed by atoms with Crippen molar-refractivity contribution in [2.45, 2.75) is 24.7 Å². The van der Waals surface area contributed by atoms with Gasteiger partial charge in [0.2, 0.25) is 0 Å². The van der Waals surface area contributed by atoms with Gasteiger partial charge in [-0.3, -0.25) is 9.62 Å². The summed E-state index contributed by atoms with van der Waals surface area (Å²) in [7, 11) is -3.78. The Morgan fingerprint density at radius 1 is 1.27 bits per heavy atom. The predicted molar refractivity (Wildman–Crippen MR) is 101 cm³/mol. The van der Waals surface area contributed by atoms with Gasteiger partial charge < -0.3 is 4.74 Å². The monoisotopic (exact) mass is 394 g/mol. The van der Waals surface area contributed by atoms with Gasteiger partial charge >= 0.3 is 6.09 Å². The summed E-state index contributed by atoms with van der Waals surface area (Å²) in [6.07, 6.45) is 0.906. The first-order chi connectivity index (χ1) is 12.4. The molecule has 0 fully saturated rings. The third-order valence-electron chi connectivity index (χ3n) is 4.11. The number of sulfonamides is 1. The molecule has 0 atom stereocenters. The highest BCUT2D eigenvalue weighted by Gasteiger charge is 2.29. The molecule has 0 aromatic heterocycles. The van der Waals surface area contributed by atoms with Gasteiger partial charge in [-0.1, -0.05) is 29.8 Å². The first-order valence-electron chi connectivity index (χ1n) is 8.27. The second-order valence-electron chi connectivity index (χ2n) is 5.80. The molecule has 138 valence electrons. The fourth-order valence-electron chi connectivity index (χ4n) is 2.91. The number of nitrogens with one attached hydrogen (secondary N) is 1. The van der Waals surface area contributed by atoms with Crippen molar-refractivity contribution in [3.05, 3.63) is 53.1 Å². The Labute approximate surface area is 157 Å². The van der Waals surface area contributed by atoms with E-state index < -0.39 is 16.1 Å². The highest BCUT2D eigenvalue weighted by molar-refractivity contribution is 7.92. The second kappa shape index (κ2) is 7.55. The Morgan fingerprint density at radius 2 is 2.04 bits per heavy atom. The van der Waals surface area contributed by atoms with E-state index in [1.807, 2.05) is 18.2 Å². The Kier molecular flexibility index (Phi) is 5.38. The maximum Gasteiger partial charge on any atom is 0.411 e. The molecule has 26 heavy (non-hydrogen) atoms. The number of anilines is 2. The lowest BCUT2D eigenvalue weighted by atomic mass is 10.0. The third-order valence-corrected chi connectivity index (χ3v) is 6.24. The lowest BCUT2D eigenvalue weighted by molar-refractivity contribution is 0.168. The minimum Gasteiger partial charge on any atom is -0.450 e. The van der Waals surface area contributed by atoms with Crippen LogP contribution < -0.4 is 9.62 Å². The third kappa shape index (κ3) is 3.64. The zero-order chi connectivity index (χ0) is 18.7. The fourth-order valence-corrected chi connectivity index (χ4v) is 4.65. The largest absolute Gasteiger partial charge is 0.450 e. The summed E-state index contributed by atoms with van der Waals surface area (Å²) < 4.78 is 32.6. The Hall–Kier alpha value is -2.25. The van der Waals surface area contributed by atoms with Crippen molar-refractivity contribution >= 4 is 39.1 Å². The van der Waals surface area contributed by atoms with Gasteiger partial charge in [-0.05, 0) is 49.6 Å². The molecular formula is C18H19ClN2O4S. The van der Waals surface area contributed by atoms with Crippen molar-refractivity contribution in [2.75, 3.05) is 22.8 Å². The number of nitrogens with zero attached hydrogens (tertiary/aromatic N) is 1. The SMILES string of the molecule is CCOC(=O)Nc1cc(S(=O)(=O)N2CCCc3ccccc32)ccc1Cl. The van der Waals surface area contributed by atoms with Crippen molar-refractivity contribution < 1.29 is 17.9 Å². The number of benzene rings is 2. The summed E-state index contributed by atoms with van der Waals surface area (Å²) in [5, 5.41) is 2.70. The second-order valence-corrected chi connectivity index (χ2v) is 8.07. The van der Waals surface area contributed by atoms with E-state index in [1.54, 1.807) is 13.0 Å². The van der Waals surface area contributed by atoms with Gasteiger partial charge in [0.05, 0.1) is 27.9 Å². The number of fused-ring (bicyclic) bond motifs is 1. The van der Waals surface area contributed by atoms with E-state index >= 15 is 0 Å². The number of aryl methyl sites for hydroxylation is 1. The van der Waals surface area contributed by atoms with E-state index in [4.69, 9.17) is 16.3 Å². The molecule has 1 amide bonds. The van der Waals surface area contributed by atoms with Gasteiger partial charge in [0, 0.05) is 6.54 Å². The number of carbonyl (C=O) groups is 1. The highest BCUT2D eigenvalue weighted by Crippen LogP contribution is 2.33. The van der Waals surface area contributed by atoms with Crippen LogP contribution in [0, 0.1) is 0 Å². The molecular weight excluding hydrogens is 376 g/mol. The number of hydrogen-bond acceptors (Lipinski definition) is 4. The molecule has 3 rings (SSSR count). The molecule has 0 aliphatic carbocycles. The van der Waals surface area contributed by atoms with Crippen LogP contribution in [0.4, 0.5) is 16.2 Å². The van der Waals surface area contributed by atoms with Gasteiger partial charge in [-0.25, -0.2) is 13.2 Å². The number of para-hydroxylation sites is 1. The van der Waals surface area contributed by atoms with E-state index in [9.17, 15) is 13.2 Å². The summed E-state index contributed by atoms with van der Waals surface area (Å²) in [5.74, 6) is 0. The molecule has 8 heteroatoms. The zero-order valence-corrected chi connectivity index (χ0v) is 15.8. The molecule has 2 aromatic carbocycles. The standard InChI is InChI=1S/C18H19ClN2O4S/c1-2-25-18(22)20-16-12-14(9-10-15(16)19)26(23,24)21-11-5-7-13-6-3-4-8-17(13)21/h3-4,6,8-10,12H,2,5,7,11H2,1H3,(H,20,22). The van der Waals surface area contributed by atoms with Crippen LogP contribution in [0.1, 0.15) is 18.9 Å². The smallest absolute Gasteiger partial charge is 0.411 e. The minimum atomic E-state index is -3.78. The molecule has 6 nitrogen and oxygen atoms in total. The molecule has 0 radical (unpaired) electrons. The van der Waals surface area contributed by atoms with Crippen molar-refractivity contribution in [1.29, 1.82) is 0 Å². The first kappa shape index (κ1) is 18.5. The molecule has 0 saturated carbocycles. The molecule has 1 aliphatic heterocycles. The number of hydrogen-bond donors (Lipinski definition) is 1. The minimum absolute atomic E-state index is 0.0606. The van der Waals surface area contributed by atoms with Crippen LogP contribution in [0.3, 0.4) is 0 Å².